The van der Waals surface area contributed by atoms with Crippen molar-refractivity contribution in [1.29, 1.82) is 0 Å². The predicted molar refractivity (Wildman–Crippen MR) is 71.5 cm³/mol. The summed E-state index contributed by atoms with van der Waals surface area (Å²) in [4.78, 5) is 12.3. The fourth-order valence-electron chi connectivity index (χ4n) is 2.27. The minimum absolute atomic E-state index is 0.0529. The van der Waals surface area contributed by atoms with Gasteiger partial charge in [-0.1, -0.05) is 0 Å². The van der Waals surface area contributed by atoms with E-state index in [4.69, 9.17) is 11.5 Å². The fraction of sp³-hybridized carbons (Fsp3) is 0.500. The molecule has 1 aliphatic carbocycles. The Morgan fingerprint density at radius 3 is 2.67 bits per heavy atom. The van der Waals surface area contributed by atoms with E-state index in [1.54, 1.807) is 12.1 Å². The Morgan fingerprint density at radius 1 is 1.56 bits per heavy atom. The SMILES string of the molecule is CN(c1ccc([N+](=O)[O-])c(N)c1)C(CN)C1CC1. The second-order valence-corrected chi connectivity index (χ2v) is 4.75. The van der Waals surface area contributed by atoms with Crippen molar-refractivity contribution < 1.29 is 4.92 Å². The Kier molecular flexibility index (Phi) is 3.38. The molecule has 4 N–H and O–H groups in total. The summed E-state index contributed by atoms with van der Waals surface area (Å²) in [6.07, 6.45) is 2.41. The third kappa shape index (κ3) is 2.38. The van der Waals surface area contributed by atoms with E-state index < -0.39 is 4.92 Å². The lowest BCUT2D eigenvalue weighted by molar-refractivity contribution is -0.383. The highest BCUT2D eigenvalue weighted by atomic mass is 16.6. The summed E-state index contributed by atoms with van der Waals surface area (Å²) in [6, 6.07) is 5.09. The van der Waals surface area contributed by atoms with E-state index in [1.165, 1.54) is 18.9 Å². The zero-order valence-corrected chi connectivity index (χ0v) is 10.4. The van der Waals surface area contributed by atoms with Gasteiger partial charge < -0.3 is 16.4 Å². The molecule has 18 heavy (non-hydrogen) atoms. The van der Waals surface area contributed by atoms with E-state index in [1.807, 2.05) is 7.05 Å². The first-order valence-corrected chi connectivity index (χ1v) is 6.01. The van der Waals surface area contributed by atoms with Gasteiger partial charge in [-0.2, -0.15) is 0 Å². The van der Waals surface area contributed by atoms with Gasteiger partial charge in [-0.25, -0.2) is 0 Å². The molecule has 0 heterocycles. The first-order valence-electron chi connectivity index (χ1n) is 6.01. The monoisotopic (exact) mass is 250 g/mol. The highest BCUT2D eigenvalue weighted by Crippen LogP contribution is 2.37. The molecule has 6 heteroatoms. The average Bonchev–Trinajstić information content (AvgIpc) is 3.13. The van der Waals surface area contributed by atoms with Gasteiger partial charge in [-0.15, -0.1) is 0 Å². The fourth-order valence-corrected chi connectivity index (χ4v) is 2.27. The molecule has 1 fully saturated rings. The molecular weight excluding hydrogens is 232 g/mol. The van der Waals surface area contributed by atoms with Gasteiger partial charge in [0.05, 0.1) is 4.92 Å². The van der Waals surface area contributed by atoms with Gasteiger partial charge in [0.2, 0.25) is 0 Å². The molecule has 2 rings (SSSR count). The smallest absolute Gasteiger partial charge is 0.292 e. The number of nitrogen functional groups attached to an aromatic ring is 1. The van der Waals surface area contributed by atoms with E-state index in [9.17, 15) is 10.1 Å². The van der Waals surface area contributed by atoms with Crippen LogP contribution in [0.15, 0.2) is 18.2 Å². The maximum Gasteiger partial charge on any atom is 0.292 e. The van der Waals surface area contributed by atoms with Crippen LogP contribution in [0.5, 0.6) is 0 Å². The van der Waals surface area contributed by atoms with Crippen LogP contribution in [0.1, 0.15) is 12.8 Å². The zero-order valence-electron chi connectivity index (χ0n) is 10.4. The Labute approximate surface area is 106 Å². The van der Waals surface area contributed by atoms with Crippen LogP contribution in [-0.4, -0.2) is 24.6 Å². The van der Waals surface area contributed by atoms with Gasteiger partial charge >= 0.3 is 0 Å². The minimum Gasteiger partial charge on any atom is -0.393 e. The maximum atomic E-state index is 10.7. The number of anilines is 2. The first kappa shape index (κ1) is 12.6. The van der Waals surface area contributed by atoms with Crippen molar-refractivity contribution >= 4 is 17.1 Å². The summed E-state index contributed by atoms with van der Waals surface area (Å²) in [7, 11) is 1.95. The number of rotatable bonds is 5. The summed E-state index contributed by atoms with van der Waals surface area (Å²) in [5.41, 5.74) is 12.5. The van der Waals surface area contributed by atoms with Gasteiger partial charge in [-0.05, 0) is 30.9 Å². The van der Waals surface area contributed by atoms with Crippen LogP contribution >= 0.6 is 0 Å². The first-order chi connectivity index (χ1) is 8.54. The predicted octanol–water partition coefficient (Wildman–Crippen LogP) is 1.35. The average molecular weight is 250 g/mol. The number of hydrogen-bond acceptors (Lipinski definition) is 5. The van der Waals surface area contributed by atoms with Crippen LogP contribution in [-0.2, 0) is 0 Å². The third-order valence-electron chi connectivity index (χ3n) is 3.52. The topological polar surface area (TPSA) is 98.4 Å². The summed E-state index contributed by atoms with van der Waals surface area (Å²) in [5.74, 6) is 0.636. The molecule has 1 aromatic rings. The molecule has 1 atom stereocenters. The molecule has 0 bridgehead atoms. The number of nitrogens with two attached hydrogens (primary N) is 2. The van der Waals surface area contributed by atoms with Crippen LogP contribution in [0.3, 0.4) is 0 Å². The Balaban J connectivity index is 2.22. The standard InChI is InChI=1S/C12H18N4O2/c1-15(12(7-13)8-2-3-8)9-4-5-11(16(17)18)10(14)6-9/h4-6,8,12H,2-3,7,13-14H2,1H3. The van der Waals surface area contributed by atoms with Crippen LogP contribution in [0.4, 0.5) is 17.1 Å². The van der Waals surface area contributed by atoms with Crippen molar-refractivity contribution in [3.8, 4) is 0 Å². The van der Waals surface area contributed by atoms with Crippen LogP contribution < -0.4 is 16.4 Å². The number of nitrogens with zero attached hydrogens (tertiary/aromatic N) is 2. The highest BCUT2D eigenvalue weighted by molar-refractivity contribution is 5.66. The van der Waals surface area contributed by atoms with Crippen molar-refractivity contribution in [1.82, 2.24) is 0 Å². The number of benzene rings is 1. The number of hydrogen-bond donors (Lipinski definition) is 2. The van der Waals surface area contributed by atoms with Crippen molar-refractivity contribution in [2.45, 2.75) is 18.9 Å². The van der Waals surface area contributed by atoms with Crippen LogP contribution in [0.25, 0.3) is 0 Å². The van der Waals surface area contributed by atoms with E-state index >= 15 is 0 Å². The minimum atomic E-state index is -0.472. The second kappa shape index (κ2) is 4.81. The molecule has 1 aliphatic rings. The van der Waals surface area contributed by atoms with E-state index in [0.717, 1.165) is 5.69 Å². The number of nitro benzene ring substituents is 1. The maximum absolute atomic E-state index is 10.7. The highest BCUT2D eigenvalue weighted by Gasteiger charge is 2.33. The molecular formula is C12H18N4O2. The molecule has 0 amide bonds. The molecule has 0 spiro atoms. The molecule has 6 nitrogen and oxygen atoms in total. The van der Waals surface area contributed by atoms with Gasteiger partial charge in [0.1, 0.15) is 5.69 Å². The lowest BCUT2D eigenvalue weighted by atomic mass is 10.1. The van der Waals surface area contributed by atoms with Crippen LogP contribution in [0, 0.1) is 16.0 Å². The summed E-state index contributed by atoms with van der Waals surface area (Å²) < 4.78 is 0. The molecule has 0 radical (unpaired) electrons. The van der Waals surface area contributed by atoms with E-state index in [-0.39, 0.29) is 17.4 Å². The molecule has 0 aromatic heterocycles. The van der Waals surface area contributed by atoms with Crippen LogP contribution in [0.2, 0.25) is 0 Å². The lowest BCUT2D eigenvalue weighted by Gasteiger charge is -2.29. The Bertz CT molecular complexity index is 459. The third-order valence-corrected chi connectivity index (χ3v) is 3.52. The summed E-state index contributed by atoms with van der Waals surface area (Å²) >= 11 is 0. The molecule has 1 aromatic carbocycles. The van der Waals surface area contributed by atoms with Gasteiger partial charge in [-0.3, -0.25) is 10.1 Å². The van der Waals surface area contributed by atoms with E-state index in [0.29, 0.717) is 12.5 Å². The van der Waals surface area contributed by atoms with E-state index in [2.05, 4.69) is 4.90 Å². The normalized spacial score (nSPS) is 16.3. The van der Waals surface area contributed by atoms with Crippen molar-refractivity contribution in [3.63, 3.8) is 0 Å². The Hall–Kier alpha value is -1.82. The number of nitro groups is 1. The van der Waals surface area contributed by atoms with Gasteiger partial charge in [0.25, 0.3) is 5.69 Å². The molecule has 1 saturated carbocycles. The Morgan fingerprint density at radius 2 is 2.22 bits per heavy atom. The molecule has 98 valence electrons. The molecule has 1 unspecified atom stereocenters. The summed E-state index contributed by atoms with van der Waals surface area (Å²) in [5, 5.41) is 10.7. The lowest BCUT2D eigenvalue weighted by Crippen LogP contribution is -2.39. The largest absolute Gasteiger partial charge is 0.393 e. The van der Waals surface area contributed by atoms with Crippen molar-refractivity contribution in [2.24, 2.45) is 11.7 Å². The second-order valence-electron chi connectivity index (χ2n) is 4.75. The quantitative estimate of drug-likeness (QED) is 0.467. The van der Waals surface area contributed by atoms with Gasteiger partial charge in [0.15, 0.2) is 0 Å². The van der Waals surface area contributed by atoms with Crippen molar-refractivity contribution in [3.05, 3.63) is 28.3 Å². The van der Waals surface area contributed by atoms with Gasteiger partial charge in [0, 0.05) is 31.4 Å². The number of likely N-dealkylation sites (N-methyl/N-ethyl adjacent to an activating group) is 1. The van der Waals surface area contributed by atoms with Crippen molar-refractivity contribution in [2.75, 3.05) is 24.2 Å². The summed E-state index contributed by atoms with van der Waals surface area (Å²) in [6.45, 7) is 0.581. The molecule has 0 saturated heterocycles. The molecule has 0 aliphatic heterocycles. The zero-order chi connectivity index (χ0) is 13.3.